The predicted octanol–water partition coefficient (Wildman–Crippen LogP) is 4.19. The molecule has 1 heteroatoms. The van der Waals surface area contributed by atoms with E-state index in [1.807, 2.05) is 20.8 Å². The van der Waals surface area contributed by atoms with Gasteiger partial charge in [-0.05, 0) is 24.0 Å². The molecule has 0 aliphatic heterocycles. The van der Waals surface area contributed by atoms with Crippen LogP contribution in [0.2, 0.25) is 0 Å². The highest BCUT2D eigenvalue weighted by molar-refractivity contribution is 5.85. The number of hydrogen-bond acceptors (Lipinski definition) is 1. The lowest BCUT2D eigenvalue weighted by molar-refractivity contribution is -0.125. The van der Waals surface area contributed by atoms with Gasteiger partial charge in [0.1, 0.15) is 5.78 Å². The van der Waals surface area contributed by atoms with Crippen LogP contribution in [0.15, 0.2) is 24.3 Å². The third-order valence-corrected chi connectivity index (χ3v) is 3.04. The van der Waals surface area contributed by atoms with E-state index in [9.17, 15) is 4.79 Å². The van der Waals surface area contributed by atoms with Gasteiger partial charge < -0.3 is 0 Å². The Balaban J connectivity index is 2.59. The maximum Gasteiger partial charge on any atom is 0.142 e. The molecule has 1 aromatic rings. The van der Waals surface area contributed by atoms with Crippen molar-refractivity contribution in [2.75, 3.05) is 0 Å². The van der Waals surface area contributed by atoms with Gasteiger partial charge in [0.2, 0.25) is 0 Å². The molecular weight excluding hydrogens is 208 g/mol. The van der Waals surface area contributed by atoms with Gasteiger partial charge in [0.15, 0.2) is 0 Å². The van der Waals surface area contributed by atoms with Crippen LogP contribution in [0.3, 0.4) is 0 Å². The van der Waals surface area contributed by atoms with Crippen LogP contribution in [0.25, 0.3) is 0 Å². The molecule has 1 aromatic carbocycles. The van der Waals surface area contributed by atoms with Gasteiger partial charge in [-0.3, -0.25) is 4.79 Å². The van der Waals surface area contributed by atoms with Gasteiger partial charge in [0, 0.05) is 11.8 Å². The van der Waals surface area contributed by atoms with Gasteiger partial charge in [-0.1, -0.05) is 58.4 Å². The lowest BCUT2D eigenvalue weighted by Gasteiger charge is -2.16. The van der Waals surface area contributed by atoms with E-state index >= 15 is 0 Å². The molecule has 0 radical (unpaired) electrons. The number of aryl methyl sites for hydroxylation is 1. The Labute approximate surface area is 105 Å². The number of rotatable bonds is 5. The molecule has 0 spiro atoms. The van der Waals surface area contributed by atoms with Gasteiger partial charge in [-0.15, -0.1) is 0 Å². The third-order valence-electron chi connectivity index (χ3n) is 3.04. The molecule has 0 aliphatic carbocycles. The fourth-order valence-corrected chi connectivity index (χ4v) is 1.66. The van der Waals surface area contributed by atoms with E-state index in [1.165, 1.54) is 18.4 Å². The van der Waals surface area contributed by atoms with Gasteiger partial charge in [-0.25, -0.2) is 0 Å². The second-order valence-corrected chi connectivity index (χ2v) is 5.77. The van der Waals surface area contributed by atoms with Crippen molar-refractivity contribution < 1.29 is 4.79 Å². The van der Waals surface area contributed by atoms with E-state index in [4.69, 9.17) is 0 Å². The van der Waals surface area contributed by atoms with Crippen LogP contribution in [0, 0.1) is 5.41 Å². The molecule has 0 aliphatic rings. The largest absolute Gasteiger partial charge is 0.299 e. The molecule has 0 amide bonds. The predicted molar refractivity (Wildman–Crippen MR) is 73.2 cm³/mol. The van der Waals surface area contributed by atoms with Crippen molar-refractivity contribution in [3.05, 3.63) is 35.4 Å². The van der Waals surface area contributed by atoms with E-state index in [1.54, 1.807) is 0 Å². The number of unbranched alkanes of at least 4 members (excludes halogenated alkanes) is 1. The summed E-state index contributed by atoms with van der Waals surface area (Å²) >= 11 is 0. The van der Waals surface area contributed by atoms with Gasteiger partial charge in [0.05, 0.1) is 0 Å². The minimum absolute atomic E-state index is 0.235. The summed E-state index contributed by atoms with van der Waals surface area (Å²) in [5, 5.41) is 0. The first kappa shape index (κ1) is 14.0. The second kappa shape index (κ2) is 6.00. The summed E-state index contributed by atoms with van der Waals surface area (Å²) in [6.07, 6.45) is 4.16. The highest BCUT2D eigenvalue weighted by Crippen LogP contribution is 2.18. The van der Waals surface area contributed by atoms with Crippen molar-refractivity contribution in [2.24, 2.45) is 5.41 Å². The molecule has 0 atom stereocenters. The third kappa shape index (κ3) is 4.72. The minimum Gasteiger partial charge on any atom is -0.299 e. The summed E-state index contributed by atoms with van der Waals surface area (Å²) in [7, 11) is 0. The Kier molecular flexibility index (Phi) is 4.92. The van der Waals surface area contributed by atoms with Crippen LogP contribution in [0.4, 0.5) is 0 Å². The molecule has 0 fully saturated rings. The summed E-state index contributed by atoms with van der Waals surface area (Å²) in [5.74, 6) is 0.304. The van der Waals surface area contributed by atoms with Crippen LogP contribution < -0.4 is 0 Å². The molecule has 0 saturated carbocycles. The first-order valence-corrected chi connectivity index (χ1v) is 6.54. The van der Waals surface area contributed by atoms with Crippen LogP contribution in [0.1, 0.15) is 51.7 Å². The standard InChI is InChI=1S/C16H24O/c1-5-6-7-13-8-10-14(11-9-13)12-15(17)16(2,3)4/h8-11H,5-7,12H2,1-4H3. The van der Waals surface area contributed by atoms with Gasteiger partial charge >= 0.3 is 0 Å². The fraction of sp³-hybridized carbons (Fsp3) is 0.562. The average molecular weight is 232 g/mol. The molecule has 0 saturated heterocycles. The average Bonchev–Trinajstić information content (AvgIpc) is 2.27. The maximum absolute atomic E-state index is 11.9. The summed E-state index contributed by atoms with van der Waals surface area (Å²) in [6, 6.07) is 8.49. The van der Waals surface area contributed by atoms with Crippen molar-refractivity contribution >= 4 is 5.78 Å². The number of ketones is 1. The smallest absolute Gasteiger partial charge is 0.142 e. The zero-order chi connectivity index (χ0) is 12.9. The highest BCUT2D eigenvalue weighted by Gasteiger charge is 2.20. The van der Waals surface area contributed by atoms with Crippen molar-refractivity contribution in [1.82, 2.24) is 0 Å². The first-order chi connectivity index (χ1) is 7.93. The van der Waals surface area contributed by atoms with Crippen molar-refractivity contribution in [3.8, 4) is 0 Å². The number of benzene rings is 1. The zero-order valence-electron chi connectivity index (χ0n) is 11.5. The topological polar surface area (TPSA) is 17.1 Å². The highest BCUT2D eigenvalue weighted by atomic mass is 16.1. The Morgan fingerprint density at radius 2 is 1.59 bits per heavy atom. The fourth-order valence-electron chi connectivity index (χ4n) is 1.66. The van der Waals surface area contributed by atoms with Crippen molar-refractivity contribution in [2.45, 2.75) is 53.4 Å². The molecule has 0 aromatic heterocycles. The van der Waals surface area contributed by atoms with Gasteiger partial charge in [0.25, 0.3) is 0 Å². The van der Waals surface area contributed by atoms with E-state index in [2.05, 4.69) is 31.2 Å². The summed E-state index contributed by atoms with van der Waals surface area (Å²) in [5.41, 5.74) is 2.27. The summed E-state index contributed by atoms with van der Waals surface area (Å²) in [6.45, 7) is 8.14. The maximum atomic E-state index is 11.9. The first-order valence-electron chi connectivity index (χ1n) is 6.54. The van der Waals surface area contributed by atoms with Crippen LogP contribution in [-0.4, -0.2) is 5.78 Å². The number of Topliss-reactive ketones (excluding diaryl/α,β-unsaturated/α-hetero) is 1. The Bertz CT molecular complexity index is 354. The Hall–Kier alpha value is -1.11. The number of carbonyl (C=O) groups is 1. The van der Waals surface area contributed by atoms with E-state index in [0.29, 0.717) is 12.2 Å². The monoisotopic (exact) mass is 232 g/mol. The van der Waals surface area contributed by atoms with Gasteiger partial charge in [-0.2, -0.15) is 0 Å². The molecule has 0 unspecified atom stereocenters. The molecule has 0 bridgehead atoms. The number of carbonyl (C=O) groups excluding carboxylic acids is 1. The quantitative estimate of drug-likeness (QED) is 0.744. The minimum atomic E-state index is -0.235. The Morgan fingerprint density at radius 3 is 2.06 bits per heavy atom. The second-order valence-electron chi connectivity index (χ2n) is 5.77. The summed E-state index contributed by atoms with van der Waals surface area (Å²) in [4.78, 5) is 11.9. The molecule has 0 N–H and O–H groups in total. The SMILES string of the molecule is CCCCc1ccc(CC(=O)C(C)(C)C)cc1. The molecule has 1 rings (SSSR count). The van der Waals surface area contributed by atoms with Crippen LogP contribution >= 0.6 is 0 Å². The van der Waals surface area contributed by atoms with Crippen LogP contribution in [-0.2, 0) is 17.6 Å². The van der Waals surface area contributed by atoms with Crippen LogP contribution in [0.5, 0.6) is 0 Å². The zero-order valence-corrected chi connectivity index (χ0v) is 11.5. The van der Waals surface area contributed by atoms with E-state index in [0.717, 1.165) is 12.0 Å². The number of hydrogen-bond donors (Lipinski definition) is 0. The molecule has 1 nitrogen and oxygen atoms in total. The lowest BCUT2D eigenvalue weighted by Crippen LogP contribution is -2.22. The Morgan fingerprint density at radius 1 is 1.06 bits per heavy atom. The normalized spacial score (nSPS) is 11.5. The molecule has 0 heterocycles. The lowest BCUT2D eigenvalue weighted by atomic mass is 9.87. The summed E-state index contributed by atoms with van der Waals surface area (Å²) < 4.78 is 0. The van der Waals surface area contributed by atoms with E-state index in [-0.39, 0.29) is 5.41 Å². The molecule has 94 valence electrons. The van der Waals surface area contributed by atoms with Crippen molar-refractivity contribution in [3.63, 3.8) is 0 Å². The van der Waals surface area contributed by atoms with Crippen molar-refractivity contribution in [1.29, 1.82) is 0 Å². The van der Waals surface area contributed by atoms with E-state index < -0.39 is 0 Å². The molecule has 17 heavy (non-hydrogen) atoms. The molecular formula is C16H24O.